The van der Waals surface area contributed by atoms with E-state index in [0.717, 1.165) is 18.4 Å². The Kier molecular flexibility index (Phi) is 5.83. The second kappa shape index (κ2) is 8.86. The van der Waals surface area contributed by atoms with Gasteiger partial charge in [0.25, 0.3) is 5.91 Å². The smallest absolute Gasteiger partial charge is 0.255 e. The van der Waals surface area contributed by atoms with Gasteiger partial charge in [-0.05, 0) is 55.5 Å². The average molecular weight is 406 g/mol. The van der Waals surface area contributed by atoms with Crippen LogP contribution in [0.15, 0.2) is 55.0 Å². The van der Waals surface area contributed by atoms with Crippen LogP contribution in [0.1, 0.15) is 41.7 Å². The summed E-state index contributed by atoms with van der Waals surface area (Å²) in [6.45, 7) is 2.61. The number of halogens is 1. The molecule has 7 nitrogen and oxygen atoms in total. The molecule has 1 atom stereocenters. The summed E-state index contributed by atoms with van der Waals surface area (Å²) in [5.74, 6) is 1.63. The lowest BCUT2D eigenvalue weighted by Gasteiger charge is -2.18. The molecule has 3 N–H and O–H groups in total. The second-order valence-electron chi connectivity index (χ2n) is 7.38. The molecular formula is C22H23FN6O. The molecule has 8 heteroatoms. The van der Waals surface area contributed by atoms with Crippen molar-refractivity contribution in [3.05, 3.63) is 71.9 Å². The monoisotopic (exact) mass is 406 g/mol. The Labute approximate surface area is 174 Å². The number of anilines is 3. The summed E-state index contributed by atoms with van der Waals surface area (Å²) in [4.78, 5) is 25.5. The number of carbonyl (C=O) groups excluding carboxylic acids is 1. The van der Waals surface area contributed by atoms with Gasteiger partial charge in [0, 0.05) is 25.0 Å². The fourth-order valence-electron chi connectivity index (χ4n) is 3.01. The van der Waals surface area contributed by atoms with Crippen molar-refractivity contribution in [2.45, 2.75) is 25.8 Å². The van der Waals surface area contributed by atoms with Crippen LogP contribution in [0.4, 0.5) is 21.8 Å². The molecule has 4 rings (SSSR count). The molecule has 30 heavy (non-hydrogen) atoms. The summed E-state index contributed by atoms with van der Waals surface area (Å²) in [6.07, 6.45) is 7.08. The third-order valence-corrected chi connectivity index (χ3v) is 4.93. The second-order valence-corrected chi connectivity index (χ2v) is 7.38. The lowest BCUT2D eigenvalue weighted by atomic mass is 10.1. The fraction of sp³-hybridized carbons (Fsp3) is 0.273. The van der Waals surface area contributed by atoms with Crippen molar-refractivity contribution < 1.29 is 9.18 Å². The molecule has 1 aromatic carbocycles. The summed E-state index contributed by atoms with van der Waals surface area (Å²) in [5, 5.41) is 9.35. The first-order chi connectivity index (χ1) is 14.6. The highest BCUT2D eigenvalue weighted by Gasteiger charge is 2.23. The number of aromatic nitrogens is 3. The molecule has 0 saturated heterocycles. The number of rotatable bonds is 8. The van der Waals surface area contributed by atoms with Crippen molar-refractivity contribution in [3.63, 3.8) is 0 Å². The number of hydrogen-bond donors (Lipinski definition) is 3. The van der Waals surface area contributed by atoms with E-state index in [9.17, 15) is 9.18 Å². The zero-order valence-electron chi connectivity index (χ0n) is 16.6. The van der Waals surface area contributed by atoms with E-state index in [1.807, 2.05) is 6.92 Å². The van der Waals surface area contributed by atoms with Gasteiger partial charge in [-0.25, -0.2) is 14.4 Å². The first-order valence-corrected chi connectivity index (χ1v) is 9.93. The van der Waals surface area contributed by atoms with Crippen LogP contribution < -0.4 is 16.0 Å². The van der Waals surface area contributed by atoms with E-state index < -0.39 is 0 Å². The predicted molar refractivity (Wildman–Crippen MR) is 113 cm³/mol. The highest BCUT2D eigenvalue weighted by molar-refractivity contribution is 5.99. The zero-order chi connectivity index (χ0) is 20.9. The van der Waals surface area contributed by atoms with Gasteiger partial charge in [0.15, 0.2) is 0 Å². The Bertz CT molecular complexity index is 1010. The molecule has 1 amide bonds. The van der Waals surface area contributed by atoms with Crippen LogP contribution in [-0.4, -0.2) is 27.4 Å². The van der Waals surface area contributed by atoms with Crippen LogP contribution in [0.3, 0.4) is 0 Å². The molecule has 0 radical (unpaired) electrons. The van der Waals surface area contributed by atoms with Crippen LogP contribution in [0, 0.1) is 11.7 Å². The molecule has 154 valence electrons. The molecule has 1 saturated carbocycles. The Morgan fingerprint density at radius 1 is 1.13 bits per heavy atom. The molecule has 3 aromatic rings. The molecule has 2 heterocycles. The van der Waals surface area contributed by atoms with E-state index in [2.05, 4.69) is 30.9 Å². The standard InChI is InChI=1S/C22H23FN6O/c1-14(16-4-6-17(23)7-5-16)27-21-18(22(30)26-12-15-2-3-15)8-9-19(29-21)28-20-13-24-10-11-25-20/h4-11,13-15H,2-3,12H2,1H3,(H,26,30)(H2,25,27,28,29). The SMILES string of the molecule is CC(Nc1nc(Nc2cnccn2)ccc1C(=O)NCC1CC1)c1ccc(F)cc1. The minimum absolute atomic E-state index is 0.172. The maximum absolute atomic E-state index is 13.3. The van der Waals surface area contributed by atoms with Crippen LogP contribution in [0.5, 0.6) is 0 Å². The van der Waals surface area contributed by atoms with Gasteiger partial charge in [-0.15, -0.1) is 0 Å². The summed E-state index contributed by atoms with van der Waals surface area (Å²) >= 11 is 0. The molecule has 0 bridgehead atoms. The molecule has 1 aliphatic rings. The molecule has 1 fully saturated rings. The first-order valence-electron chi connectivity index (χ1n) is 9.93. The van der Waals surface area contributed by atoms with Crippen molar-refractivity contribution in [2.24, 2.45) is 5.92 Å². The third kappa shape index (κ3) is 5.08. The highest BCUT2D eigenvalue weighted by atomic mass is 19.1. The summed E-state index contributed by atoms with van der Waals surface area (Å²) in [5.41, 5.74) is 1.34. The van der Waals surface area contributed by atoms with E-state index in [0.29, 0.717) is 35.5 Å². The number of nitrogens with zero attached hydrogens (tertiary/aromatic N) is 3. The van der Waals surface area contributed by atoms with Gasteiger partial charge in [-0.1, -0.05) is 12.1 Å². The molecule has 1 aliphatic carbocycles. The van der Waals surface area contributed by atoms with Gasteiger partial charge in [0.1, 0.15) is 23.3 Å². The van der Waals surface area contributed by atoms with Gasteiger partial charge in [0.05, 0.1) is 11.8 Å². The van der Waals surface area contributed by atoms with Gasteiger partial charge in [-0.2, -0.15) is 0 Å². The minimum Gasteiger partial charge on any atom is -0.363 e. The summed E-state index contributed by atoms with van der Waals surface area (Å²) in [7, 11) is 0. The van der Waals surface area contributed by atoms with Crippen molar-refractivity contribution in [1.29, 1.82) is 0 Å². The quantitative estimate of drug-likeness (QED) is 0.522. The predicted octanol–water partition coefficient (Wildman–Crippen LogP) is 4.07. The van der Waals surface area contributed by atoms with E-state index in [4.69, 9.17) is 0 Å². The topological polar surface area (TPSA) is 91.8 Å². The van der Waals surface area contributed by atoms with Gasteiger partial charge in [-0.3, -0.25) is 9.78 Å². The lowest BCUT2D eigenvalue weighted by Crippen LogP contribution is -2.27. The largest absolute Gasteiger partial charge is 0.363 e. The normalized spacial score (nSPS) is 14.1. The van der Waals surface area contributed by atoms with Gasteiger partial charge in [0.2, 0.25) is 0 Å². The summed E-state index contributed by atoms with van der Waals surface area (Å²) < 4.78 is 13.3. The maximum atomic E-state index is 13.3. The number of hydrogen-bond acceptors (Lipinski definition) is 6. The molecular weight excluding hydrogens is 383 g/mol. The molecule has 1 unspecified atom stereocenters. The van der Waals surface area contributed by atoms with Crippen molar-refractivity contribution in [1.82, 2.24) is 20.3 Å². The Hall–Kier alpha value is -3.55. The number of amides is 1. The third-order valence-electron chi connectivity index (χ3n) is 4.93. The number of carbonyl (C=O) groups is 1. The van der Waals surface area contributed by atoms with Crippen LogP contribution >= 0.6 is 0 Å². The fourth-order valence-corrected chi connectivity index (χ4v) is 3.01. The average Bonchev–Trinajstić information content (AvgIpc) is 3.58. The lowest BCUT2D eigenvalue weighted by molar-refractivity contribution is 0.0952. The Morgan fingerprint density at radius 3 is 2.63 bits per heavy atom. The highest BCUT2D eigenvalue weighted by Crippen LogP contribution is 2.28. The first kappa shape index (κ1) is 19.8. The number of nitrogens with one attached hydrogen (secondary N) is 3. The van der Waals surface area contributed by atoms with Crippen LogP contribution in [0.2, 0.25) is 0 Å². The number of pyridine rings is 1. The Morgan fingerprint density at radius 2 is 1.93 bits per heavy atom. The van der Waals surface area contributed by atoms with E-state index in [-0.39, 0.29) is 17.8 Å². The molecule has 2 aromatic heterocycles. The van der Waals surface area contributed by atoms with Crippen molar-refractivity contribution in [2.75, 3.05) is 17.2 Å². The van der Waals surface area contributed by atoms with E-state index >= 15 is 0 Å². The van der Waals surface area contributed by atoms with Crippen molar-refractivity contribution >= 4 is 23.4 Å². The van der Waals surface area contributed by atoms with Crippen LogP contribution in [0.25, 0.3) is 0 Å². The zero-order valence-corrected chi connectivity index (χ0v) is 16.6. The maximum Gasteiger partial charge on any atom is 0.255 e. The Balaban J connectivity index is 1.57. The van der Waals surface area contributed by atoms with Crippen molar-refractivity contribution in [3.8, 4) is 0 Å². The minimum atomic E-state index is -0.292. The summed E-state index contributed by atoms with van der Waals surface area (Å²) in [6, 6.07) is 9.53. The van der Waals surface area contributed by atoms with Gasteiger partial charge >= 0.3 is 0 Å². The van der Waals surface area contributed by atoms with Gasteiger partial charge < -0.3 is 16.0 Å². The molecule has 0 aliphatic heterocycles. The van der Waals surface area contributed by atoms with E-state index in [1.165, 1.54) is 12.1 Å². The van der Waals surface area contributed by atoms with E-state index in [1.54, 1.807) is 42.9 Å². The number of benzene rings is 1. The molecule has 0 spiro atoms. The van der Waals surface area contributed by atoms with Crippen LogP contribution in [-0.2, 0) is 0 Å².